The van der Waals surface area contributed by atoms with Crippen molar-refractivity contribution in [1.29, 1.82) is 0 Å². The van der Waals surface area contributed by atoms with Crippen molar-refractivity contribution in [2.75, 3.05) is 6.54 Å². The van der Waals surface area contributed by atoms with Crippen molar-refractivity contribution in [3.8, 4) is 17.1 Å². The number of hydrogen-bond acceptors (Lipinski definition) is 4. The molecular weight excluding hydrogens is 362 g/mol. The summed E-state index contributed by atoms with van der Waals surface area (Å²) in [6.07, 6.45) is 0.701. The van der Waals surface area contributed by atoms with Gasteiger partial charge in [0.05, 0.1) is 11.3 Å². The molecule has 2 N–H and O–H groups in total. The highest BCUT2D eigenvalue weighted by molar-refractivity contribution is 6.30. The Morgan fingerprint density at radius 2 is 2.00 bits per heavy atom. The maximum Gasteiger partial charge on any atom is 0.255 e. The van der Waals surface area contributed by atoms with Gasteiger partial charge in [0.25, 0.3) is 5.56 Å². The van der Waals surface area contributed by atoms with Crippen LogP contribution < -0.4 is 5.56 Å². The summed E-state index contributed by atoms with van der Waals surface area (Å²) in [5, 5.41) is 10.9. The van der Waals surface area contributed by atoms with E-state index in [1.807, 2.05) is 37.3 Å². The number of phenolic OH excluding ortho intramolecular Hbond substituents is 1. The summed E-state index contributed by atoms with van der Waals surface area (Å²) in [7, 11) is 0. The van der Waals surface area contributed by atoms with Crippen LogP contribution in [0.4, 0.5) is 0 Å². The van der Waals surface area contributed by atoms with Gasteiger partial charge >= 0.3 is 0 Å². The first-order valence-electron chi connectivity index (χ1n) is 8.89. The first-order valence-corrected chi connectivity index (χ1v) is 9.27. The molecule has 1 aromatic heterocycles. The molecule has 0 radical (unpaired) electrons. The highest BCUT2D eigenvalue weighted by Gasteiger charge is 2.22. The Hall–Kier alpha value is -2.63. The molecule has 0 fully saturated rings. The molecular formula is C21H20ClN3O2. The van der Waals surface area contributed by atoms with Crippen molar-refractivity contribution in [3.05, 3.63) is 80.2 Å². The fraction of sp³-hybridized carbons (Fsp3) is 0.238. The molecule has 0 unspecified atom stereocenters. The van der Waals surface area contributed by atoms with E-state index in [1.165, 1.54) is 0 Å². The molecule has 0 saturated carbocycles. The van der Waals surface area contributed by atoms with Crippen LogP contribution >= 0.6 is 11.6 Å². The number of nitrogens with zero attached hydrogens (tertiary/aromatic N) is 2. The summed E-state index contributed by atoms with van der Waals surface area (Å²) in [5.74, 6) is 0.897. The van der Waals surface area contributed by atoms with Crippen LogP contribution in [0.3, 0.4) is 0 Å². The van der Waals surface area contributed by atoms with Crippen LogP contribution in [0.1, 0.15) is 22.4 Å². The Labute approximate surface area is 162 Å². The van der Waals surface area contributed by atoms with E-state index in [0.717, 1.165) is 28.9 Å². The minimum absolute atomic E-state index is 0.108. The largest absolute Gasteiger partial charge is 0.507 e. The van der Waals surface area contributed by atoms with Gasteiger partial charge in [0.15, 0.2) is 0 Å². The van der Waals surface area contributed by atoms with Crippen LogP contribution in [0.15, 0.2) is 47.3 Å². The Morgan fingerprint density at radius 3 is 2.78 bits per heavy atom. The molecule has 4 rings (SSSR count). The number of hydrogen-bond donors (Lipinski definition) is 2. The molecule has 2 heterocycles. The highest BCUT2D eigenvalue weighted by atomic mass is 35.5. The zero-order valence-corrected chi connectivity index (χ0v) is 15.8. The summed E-state index contributed by atoms with van der Waals surface area (Å²) < 4.78 is 0. The number of halogens is 1. The molecule has 138 valence electrons. The van der Waals surface area contributed by atoms with E-state index in [4.69, 9.17) is 11.6 Å². The lowest BCUT2D eigenvalue weighted by Gasteiger charge is -2.28. The number of aromatic hydroxyl groups is 1. The normalized spacial score (nSPS) is 14.1. The third kappa shape index (κ3) is 3.61. The Bertz CT molecular complexity index is 1040. The van der Waals surface area contributed by atoms with Gasteiger partial charge in [-0.3, -0.25) is 9.69 Å². The molecule has 0 spiro atoms. The predicted octanol–water partition coefficient (Wildman–Crippen LogP) is 3.66. The summed E-state index contributed by atoms with van der Waals surface area (Å²) in [4.78, 5) is 22.4. The molecule has 0 atom stereocenters. The molecule has 6 heteroatoms. The highest BCUT2D eigenvalue weighted by Crippen LogP contribution is 2.25. The lowest BCUT2D eigenvalue weighted by molar-refractivity contribution is 0.238. The summed E-state index contributed by atoms with van der Waals surface area (Å²) >= 11 is 5.93. The van der Waals surface area contributed by atoms with E-state index in [2.05, 4.69) is 14.9 Å². The lowest BCUT2D eigenvalue weighted by atomic mass is 10.0. The maximum atomic E-state index is 12.6. The lowest BCUT2D eigenvalue weighted by Crippen LogP contribution is -2.35. The van der Waals surface area contributed by atoms with E-state index in [0.29, 0.717) is 41.7 Å². The fourth-order valence-electron chi connectivity index (χ4n) is 3.45. The van der Waals surface area contributed by atoms with Gasteiger partial charge < -0.3 is 10.1 Å². The SMILES string of the molecule is Cc1cccc(CN2CCc3nc(-c4ccc(Cl)cc4)[nH]c(=O)c3C2)c1O. The van der Waals surface area contributed by atoms with Crippen molar-refractivity contribution in [3.63, 3.8) is 0 Å². The van der Waals surface area contributed by atoms with E-state index < -0.39 is 0 Å². The van der Waals surface area contributed by atoms with Crippen LogP contribution in [-0.2, 0) is 19.5 Å². The molecule has 27 heavy (non-hydrogen) atoms. The van der Waals surface area contributed by atoms with E-state index in [-0.39, 0.29) is 5.56 Å². The van der Waals surface area contributed by atoms with Gasteiger partial charge in [-0.2, -0.15) is 0 Å². The monoisotopic (exact) mass is 381 g/mol. The smallest absolute Gasteiger partial charge is 0.255 e. The number of benzene rings is 2. The van der Waals surface area contributed by atoms with Gasteiger partial charge in [-0.05, 0) is 36.8 Å². The van der Waals surface area contributed by atoms with Crippen molar-refractivity contribution in [2.45, 2.75) is 26.4 Å². The van der Waals surface area contributed by atoms with Crippen LogP contribution in [0.25, 0.3) is 11.4 Å². The minimum atomic E-state index is -0.108. The van der Waals surface area contributed by atoms with Crippen molar-refractivity contribution in [1.82, 2.24) is 14.9 Å². The number of fused-ring (bicyclic) bond motifs is 1. The van der Waals surface area contributed by atoms with E-state index >= 15 is 0 Å². The number of aromatic nitrogens is 2. The van der Waals surface area contributed by atoms with Crippen molar-refractivity contribution < 1.29 is 5.11 Å². The standard InChI is InChI=1S/C21H20ClN3O2/c1-13-3-2-4-15(19(13)26)11-25-10-9-18-17(12-25)21(27)24-20(23-18)14-5-7-16(22)8-6-14/h2-8,26H,9-12H2,1H3,(H,23,24,27). The van der Waals surface area contributed by atoms with Crippen LogP contribution in [0.5, 0.6) is 5.75 Å². The van der Waals surface area contributed by atoms with Crippen LogP contribution in [0, 0.1) is 6.92 Å². The second-order valence-electron chi connectivity index (χ2n) is 6.89. The Morgan fingerprint density at radius 1 is 1.22 bits per heavy atom. The molecule has 0 amide bonds. The summed E-state index contributed by atoms with van der Waals surface area (Å²) in [6.45, 7) is 3.80. The Kier molecular flexibility index (Phi) is 4.72. The van der Waals surface area contributed by atoms with Crippen molar-refractivity contribution >= 4 is 11.6 Å². The van der Waals surface area contributed by atoms with Crippen LogP contribution in [0.2, 0.25) is 5.02 Å². The molecule has 1 aliphatic rings. The summed E-state index contributed by atoms with van der Waals surface area (Å²) in [6, 6.07) is 13.0. The number of rotatable bonds is 3. The third-order valence-electron chi connectivity index (χ3n) is 4.98. The average Bonchev–Trinajstić information content (AvgIpc) is 2.66. The molecule has 3 aromatic rings. The predicted molar refractivity (Wildman–Crippen MR) is 106 cm³/mol. The van der Waals surface area contributed by atoms with Crippen LogP contribution in [-0.4, -0.2) is 26.5 Å². The van der Waals surface area contributed by atoms with Gasteiger partial charge in [-0.1, -0.05) is 29.8 Å². The van der Waals surface area contributed by atoms with Gasteiger partial charge in [0.1, 0.15) is 11.6 Å². The zero-order valence-electron chi connectivity index (χ0n) is 15.0. The first kappa shape index (κ1) is 17.8. The van der Waals surface area contributed by atoms with Crippen molar-refractivity contribution in [2.24, 2.45) is 0 Å². The number of H-pyrrole nitrogens is 1. The second-order valence-corrected chi connectivity index (χ2v) is 7.33. The quantitative estimate of drug-likeness (QED) is 0.726. The number of aryl methyl sites for hydroxylation is 1. The molecule has 0 bridgehead atoms. The third-order valence-corrected chi connectivity index (χ3v) is 5.23. The van der Waals surface area contributed by atoms with Gasteiger partial charge in [-0.15, -0.1) is 0 Å². The number of para-hydroxylation sites is 1. The van der Waals surface area contributed by atoms with Gasteiger partial charge in [0, 0.05) is 42.2 Å². The number of aromatic amines is 1. The zero-order chi connectivity index (χ0) is 19.0. The summed E-state index contributed by atoms with van der Waals surface area (Å²) in [5.41, 5.74) is 4.01. The topological polar surface area (TPSA) is 69.2 Å². The van der Waals surface area contributed by atoms with E-state index in [9.17, 15) is 9.90 Å². The van der Waals surface area contributed by atoms with Gasteiger partial charge in [0.2, 0.25) is 0 Å². The van der Waals surface area contributed by atoms with Gasteiger partial charge in [-0.25, -0.2) is 4.98 Å². The number of phenols is 1. The molecule has 5 nitrogen and oxygen atoms in total. The van der Waals surface area contributed by atoms with E-state index in [1.54, 1.807) is 12.1 Å². The average molecular weight is 382 g/mol. The molecule has 0 saturated heterocycles. The number of nitrogens with one attached hydrogen (secondary N) is 1. The second kappa shape index (κ2) is 7.18. The molecule has 1 aliphatic heterocycles. The first-order chi connectivity index (χ1) is 13.0. The fourth-order valence-corrected chi connectivity index (χ4v) is 3.57. The molecule has 2 aromatic carbocycles. The maximum absolute atomic E-state index is 12.6. The Balaban J connectivity index is 1.59. The minimum Gasteiger partial charge on any atom is -0.507 e. The molecule has 0 aliphatic carbocycles.